The average molecular weight is 315 g/mol. The Bertz CT molecular complexity index is 667. The Morgan fingerprint density at radius 2 is 2.14 bits per heavy atom. The number of nitrogens with zero attached hydrogens (tertiary/aromatic N) is 1. The fraction of sp³-hybridized carbons (Fsp3) is 0.231. The number of anilines is 1. The third kappa shape index (κ3) is 3.72. The van der Waals surface area contributed by atoms with Crippen molar-refractivity contribution < 1.29 is 18.0 Å². The molecule has 1 amide bonds. The van der Waals surface area contributed by atoms with Crippen LogP contribution in [0.2, 0.25) is 0 Å². The molecule has 0 bridgehead atoms. The number of aryl methyl sites for hydroxylation is 1. The van der Waals surface area contributed by atoms with Gasteiger partial charge in [-0.25, -0.2) is 4.98 Å². The summed E-state index contributed by atoms with van der Waals surface area (Å²) >= 11 is 1.42. The fourth-order valence-electron chi connectivity index (χ4n) is 1.68. The Balaban J connectivity index is 2.15. The summed E-state index contributed by atoms with van der Waals surface area (Å²) in [4.78, 5) is 16.1. The molecule has 0 fully saturated rings. The minimum atomic E-state index is -4.52. The first-order valence-corrected chi connectivity index (χ1v) is 6.81. The number of aromatic nitrogens is 1. The average Bonchev–Trinajstić information content (AvgIpc) is 2.81. The molecule has 0 atom stereocenters. The number of benzene rings is 1. The Morgan fingerprint density at radius 1 is 1.43 bits per heavy atom. The van der Waals surface area contributed by atoms with Crippen molar-refractivity contribution in [3.8, 4) is 0 Å². The Hall–Kier alpha value is -2.09. The maximum atomic E-state index is 12.6. The second-order valence-corrected chi connectivity index (χ2v) is 5.40. The van der Waals surface area contributed by atoms with Crippen molar-refractivity contribution >= 4 is 22.9 Å². The molecule has 1 aromatic heterocycles. The van der Waals surface area contributed by atoms with E-state index in [-0.39, 0.29) is 17.8 Å². The van der Waals surface area contributed by atoms with Crippen molar-refractivity contribution in [3.63, 3.8) is 0 Å². The van der Waals surface area contributed by atoms with Gasteiger partial charge in [0, 0.05) is 11.1 Å². The molecule has 0 aliphatic rings. The molecule has 1 heterocycles. The van der Waals surface area contributed by atoms with Gasteiger partial charge in [-0.05, 0) is 25.1 Å². The van der Waals surface area contributed by atoms with Gasteiger partial charge in [0.15, 0.2) is 0 Å². The lowest BCUT2D eigenvalue weighted by atomic mass is 10.1. The van der Waals surface area contributed by atoms with Crippen LogP contribution in [-0.4, -0.2) is 10.9 Å². The number of rotatable bonds is 3. The van der Waals surface area contributed by atoms with Crippen molar-refractivity contribution in [2.24, 2.45) is 0 Å². The Kier molecular flexibility index (Phi) is 4.17. The molecule has 0 aliphatic heterocycles. The molecule has 3 N–H and O–H groups in total. The van der Waals surface area contributed by atoms with Gasteiger partial charge in [0.2, 0.25) is 0 Å². The number of nitrogen functional groups attached to an aromatic ring is 1. The van der Waals surface area contributed by atoms with Crippen LogP contribution in [0.3, 0.4) is 0 Å². The number of carbonyl (C=O) groups is 1. The third-order valence-corrected chi connectivity index (χ3v) is 3.54. The van der Waals surface area contributed by atoms with Gasteiger partial charge in [0.1, 0.15) is 0 Å². The summed E-state index contributed by atoms with van der Waals surface area (Å²) in [6, 6.07) is 2.66. The molecule has 0 unspecified atom stereocenters. The van der Waals surface area contributed by atoms with Gasteiger partial charge >= 0.3 is 6.18 Å². The summed E-state index contributed by atoms with van der Waals surface area (Å²) < 4.78 is 37.9. The monoisotopic (exact) mass is 315 g/mol. The van der Waals surface area contributed by atoms with Gasteiger partial charge in [-0.1, -0.05) is 0 Å². The minimum absolute atomic E-state index is 0.00467. The molecular formula is C13H12F3N3OS. The van der Waals surface area contributed by atoms with E-state index >= 15 is 0 Å². The highest BCUT2D eigenvalue weighted by Crippen LogP contribution is 2.31. The number of halogens is 3. The number of thiazole rings is 1. The highest BCUT2D eigenvalue weighted by Gasteiger charge is 2.31. The Morgan fingerprint density at radius 3 is 2.71 bits per heavy atom. The van der Waals surface area contributed by atoms with Crippen molar-refractivity contribution in [2.75, 3.05) is 5.73 Å². The van der Waals surface area contributed by atoms with Gasteiger partial charge in [-0.3, -0.25) is 4.79 Å². The smallest absolute Gasteiger partial charge is 0.398 e. The summed E-state index contributed by atoms with van der Waals surface area (Å²) in [7, 11) is 0. The molecule has 2 rings (SSSR count). The van der Waals surface area contributed by atoms with Crippen molar-refractivity contribution in [3.05, 3.63) is 45.4 Å². The topological polar surface area (TPSA) is 68.0 Å². The lowest BCUT2D eigenvalue weighted by molar-refractivity contribution is -0.137. The molecule has 0 aliphatic carbocycles. The van der Waals surface area contributed by atoms with Gasteiger partial charge in [0.25, 0.3) is 5.91 Å². The van der Waals surface area contributed by atoms with E-state index < -0.39 is 17.6 Å². The highest BCUT2D eigenvalue weighted by atomic mass is 32.1. The zero-order valence-electron chi connectivity index (χ0n) is 11.0. The maximum Gasteiger partial charge on any atom is 0.416 e. The van der Waals surface area contributed by atoms with Crippen LogP contribution in [0.1, 0.15) is 26.6 Å². The van der Waals surface area contributed by atoms with Gasteiger partial charge in [0.05, 0.1) is 28.4 Å². The molecule has 8 heteroatoms. The number of hydrogen-bond donors (Lipinski definition) is 2. The second kappa shape index (κ2) is 5.72. The number of alkyl halides is 3. The van der Waals surface area contributed by atoms with Gasteiger partial charge in [-0.2, -0.15) is 13.2 Å². The van der Waals surface area contributed by atoms with E-state index in [2.05, 4.69) is 10.3 Å². The van der Waals surface area contributed by atoms with Crippen molar-refractivity contribution in [1.82, 2.24) is 10.3 Å². The predicted octanol–water partition coefficient (Wildman–Crippen LogP) is 2.98. The van der Waals surface area contributed by atoms with Crippen LogP contribution in [0, 0.1) is 6.92 Å². The summed E-state index contributed by atoms with van der Waals surface area (Å²) in [6.07, 6.45) is -4.52. The fourth-order valence-corrected chi connectivity index (χ4v) is 2.30. The number of amides is 1. The van der Waals surface area contributed by atoms with E-state index in [9.17, 15) is 18.0 Å². The minimum Gasteiger partial charge on any atom is -0.398 e. The third-order valence-electron chi connectivity index (χ3n) is 2.72. The molecule has 21 heavy (non-hydrogen) atoms. The van der Waals surface area contributed by atoms with E-state index in [1.165, 1.54) is 11.3 Å². The summed E-state index contributed by atoms with van der Waals surface area (Å²) in [5, 5.41) is 5.12. The summed E-state index contributed by atoms with van der Waals surface area (Å²) in [6.45, 7) is 1.96. The Labute approximate surface area is 122 Å². The molecule has 0 radical (unpaired) electrons. The summed E-state index contributed by atoms with van der Waals surface area (Å²) in [5.74, 6) is -0.663. The van der Waals surface area contributed by atoms with Crippen LogP contribution in [0.15, 0.2) is 23.6 Å². The van der Waals surface area contributed by atoms with E-state index in [1.807, 2.05) is 6.92 Å². The van der Waals surface area contributed by atoms with Gasteiger partial charge in [-0.15, -0.1) is 11.3 Å². The first kappa shape index (κ1) is 15.3. The zero-order valence-corrected chi connectivity index (χ0v) is 11.8. The largest absolute Gasteiger partial charge is 0.416 e. The molecule has 4 nitrogen and oxygen atoms in total. The molecule has 1 aromatic carbocycles. The van der Waals surface area contributed by atoms with Crippen LogP contribution < -0.4 is 11.1 Å². The second-order valence-electron chi connectivity index (χ2n) is 4.34. The van der Waals surface area contributed by atoms with E-state index in [1.54, 1.807) is 5.38 Å². The zero-order chi connectivity index (χ0) is 15.6. The molecule has 112 valence electrons. The van der Waals surface area contributed by atoms with Crippen molar-refractivity contribution in [1.29, 1.82) is 0 Å². The first-order valence-electron chi connectivity index (χ1n) is 5.93. The number of nitrogens with two attached hydrogens (primary N) is 1. The molecule has 0 saturated heterocycles. The molecular weight excluding hydrogens is 303 g/mol. The van der Waals surface area contributed by atoms with E-state index in [4.69, 9.17) is 5.73 Å². The predicted molar refractivity (Wildman–Crippen MR) is 73.9 cm³/mol. The maximum absolute atomic E-state index is 12.6. The van der Waals surface area contributed by atoms with Crippen LogP contribution in [0.25, 0.3) is 0 Å². The standard InChI is InChI=1S/C13H12F3N3OS/c1-7-19-9(6-21-7)5-18-12(20)10-4-8(13(14,15)16)2-3-11(10)17/h2-4,6H,5,17H2,1H3,(H,18,20). The highest BCUT2D eigenvalue weighted by molar-refractivity contribution is 7.09. The van der Waals surface area contributed by atoms with Crippen molar-refractivity contribution in [2.45, 2.75) is 19.6 Å². The first-order chi connectivity index (χ1) is 9.77. The SMILES string of the molecule is Cc1nc(CNC(=O)c2cc(C(F)(F)F)ccc2N)cs1. The van der Waals surface area contributed by atoms with Crippen LogP contribution >= 0.6 is 11.3 Å². The van der Waals surface area contributed by atoms with E-state index in [0.29, 0.717) is 5.69 Å². The normalized spacial score (nSPS) is 11.4. The number of hydrogen-bond acceptors (Lipinski definition) is 4. The summed E-state index contributed by atoms with van der Waals surface area (Å²) in [5.41, 5.74) is 5.10. The number of carbonyl (C=O) groups excluding carboxylic acids is 1. The quantitative estimate of drug-likeness (QED) is 0.856. The van der Waals surface area contributed by atoms with Gasteiger partial charge < -0.3 is 11.1 Å². The molecule has 0 saturated carbocycles. The van der Waals surface area contributed by atoms with E-state index in [0.717, 1.165) is 23.2 Å². The van der Waals surface area contributed by atoms with Crippen LogP contribution in [0.5, 0.6) is 0 Å². The van der Waals surface area contributed by atoms with Crippen LogP contribution in [0.4, 0.5) is 18.9 Å². The molecule has 0 spiro atoms. The lowest BCUT2D eigenvalue weighted by Gasteiger charge is -2.11. The molecule has 2 aromatic rings. The number of nitrogens with one attached hydrogen (secondary N) is 1. The lowest BCUT2D eigenvalue weighted by Crippen LogP contribution is -2.24. The van der Waals surface area contributed by atoms with Crippen LogP contribution in [-0.2, 0) is 12.7 Å².